The van der Waals surface area contributed by atoms with Gasteiger partial charge in [-0.05, 0) is 49.7 Å². The first kappa shape index (κ1) is 21.5. The molecule has 3 amide bonds. The van der Waals surface area contributed by atoms with E-state index in [0.717, 1.165) is 10.0 Å². The maximum atomic E-state index is 13.0. The van der Waals surface area contributed by atoms with Crippen LogP contribution in [0.3, 0.4) is 0 Å². The second kappa shape index (κ2) is 9.44. The van der Waals surface area contributed by atoms with Crippen LogP contribution in [-0.2, 0) is 11.2 Å². The molecule has 0 spiro atoms. The molecule has 2 aromatic carbocycles. The maximum absolute atomic E-state index is 13.0. The zero-order valence-electron chi connectivity index (χ0n) is 14.9. The van der Waals surface area contributed by atoms with Crippen LogP contribution in [0.5, 0.6) is 0 Å². The number of hydrogen-bond donors (Lipinski definition) is 3. The highest BCUT2D eigenvalue weighted by Crippen LogP contribution is 2.24. The lowest BCUT2D eigenvalue weighted by atomic mass is 9.91. The number of carbonyl (C=O) groups excluding carboxylic acids is 2. The SMILES string of the molecule is CCNC(=O)NC(C)(Cc1ccc(Br)cc1)C(=O)Nc1cc(Cl)cc(Cl)c1. The third kappa shape index (κ3) is 6.41. The van der Waals surface area contributed by atoms with Gasteiger partial charge < -0.3 is 16.0 Å². The predicted molar refractivity (Wildman–Crippen MR) is 114 cm³/mol. The fourth-order valence-electron chi connectivity index (χ4n) is 2.54. The lowest BCUT2D eigenvalue weighted by molar-refractivity contribution is -0.121. The van der Waals surface area contributed by atoms with Crippen molar-refractivity contribution in [1.29, 1.82) is 0 Å². The highest BCUT2D eigenvalue weighted by Gasteiger charge is 2.35. The summed E-state index contributed by atoms with van der Waals surface area (Å²) in [7, 11) is 0. The van der Waals surface area contributed by atoms with Crippen LogP contribution in [0.25, 0.3) is 0 Å². The summed E-state index contributed by atoms with van der Waals surface area (Å²) in [4.78, 5) is 25.1. The fourth-order valence-corrected chi connectivity index (χ4v) is 3.33. The largest absolute Gasteiger partial charge is 0.338 e. The first-order valence-corrected chi connectivity index (χ1v) is 9.85. The highest BCUT2D eigenvalue weighted by atomic mass is 79.9. The Labute approximate surface area is 176 Å². The van der Waals surface area contributed by atoms with Crippen LogP contribution in [0, 0.1) is 0 Å². The number of rotatable bonds is 6. The zero-order chi connectivity index (χ0) is 20.0. The van der Waals surface area contributed by atoms with Gasteiger partial charge in [0.15, 0.2) is 0 Å². The number of urea groups is 1. The Kier molecular flexibility index (Phi) is 7.53. The third-order valence-corrected chi connectivity index (χ3v) is 4.78. The molecule has 0 bridgehead atoms. The number of carbonyl (C=O) groups is 2. The first-order chi connectivity index (χ1) is 12.7. The van der Waals surface area contributed by atoms with Crippen LogP contribution < -0.4 is 16.0 Å². The van der Waals surface area contributed by atoms with Crippen molar-refractivity contribution in [2.75, 3.05) is 11.9 Å². The number of nitrogens with one attached hydrogen (secondary N) is 3. The van der Waals surface area contributed by atoms with E-state index in [1.54, 1.807) is 32.0 Å². The van der Waals surface area contributed by atoms with Crippen molar-refractivity contribution in [3.8, 4) is 0 Å². The van der Waals surface area contributed by atoms with E-state index in [2.05, 4.69) is 31.9 Å². The molecule has 27 heavy (non-hydrogen) atoms. The highest BCUT2D eigenvalue weighted by molar-refractivity contribution is 9.10. The molecule has 2 aromatic rings. The standard InChI is InChI=1S/C19H20BrCl2N3O2/c1-3-23-18(27)25-19(2,11-12-4-6-13(20)7-5-12)17(26)24-16-9-14(21)8-15(22)10-16/h4-10H,3,11H2,1-2H3,(H,24,26)(H2,23,25,27). The van der Waals surface area contributed by atoms with Crippen molar-refractivity contribution in [2.45, 2.75) is 25.8 Å². The van der Waals surface area contributed by atoms with E-state index in [4.69, 9.17) is 23.2 Å². The van der Waals surface area contributed by atoms with E-state index < -0.39 is 11.6 Å². The van der Waals surface area contributed by atoms with Gasteiger partial charge in [0, 0.05) is 33.2 Å². The first-order valence-electron chi connectivity index (χ1n) is 8.30. The van der Waals surface area contributed by atoms with Crippen molar-refractivity contribution in [1.82, 2.24) is 10.6 Å². The van der Waals surface area contributed by atoms with Gasteiger partial charge in [0.05, 0.1) is 0 Å². The molecule has 0 aliphatic carbocycles. The van der Waals surface area contributed by atoms with Gasteiger partial charge in [0.25, 0.3) is 0 Å². The summed E-state index contributed by atoms with van der Waals surface area (Å²) in [5.74, 6) is -0.380. The van der Waals surface area contributed by atoms with Gasteiger partial charge in [0.1, 0.15) is 5.54 Å². The van der Waals surface area contributed by atoms with E-state index in [1.165, 1.54) is 0 Å². The van der Waals surface area contributed by atoms with Gasteiger partial charge in [-0.2, -0.15) is 0 Å². The average molecular weight is 473 g/mol. The monoisotopic (exact) mass is 471 g/mol. The van der Waals surface area contributed by atoms with E-state index >= 15 is 0 Å². The summed E-state index contributed by atoms with van der Waals surface area (Å²) in [6.45, 7) is 3.93. The maximum Gasteiger partial charge on any atom is 0.315 e. The number of anilines is 1. The molecule has 1 unspecified atom stereocenters. The van der Waals surface area contributed by atoms with Gasteiger partial charge in [0.2, 0.25) is 5.91 Å². The van der Waals surface area contributed by atoms with Crippen molar-refractivity contribution in [3.63, 3.8) is 0 Å². The number of amides is 3. The van der Waals surface area contributed by atoms with Crippen LogP contribution in [0.15, 0.2) is 46.9 Å². The molecule has 1 atom stereocenters. The number of hydrogen-bond acceptors (Lipinski definition) is 2. The Morgan fingerprint density at radius 2 is 1.67 bits per heavy atom. The molecule has 0 aliphatic heterocycles. The van der Waals surface area contributed by atoms with Gasteiger partial charge in [-0.25, -0.2) is 4.79 Å². The summed E-state index contributed by atoms with van der Waals surface area (Å²) < 4.78 is 0.933. The van der Waals surface area contributed by atoms with Crippen LogP contribution in [-0.4, -0.2) is 24.0 Å². The molecule has 0 aromatic heterocycles. The molecular formula is C19H20BrCl2N3O2. The Morgan fingerprint density at radius 3 is 2.22 bits per heavy atom. The molecule has 2 rings (SSSR count). The number of halogens is 3. The predicted octanol–water partition coefficient (Wildman–Crippen LogP) is 5.01. The summed E-state index contributed by atoms with van der Waals surface area (Å²) in [6.07, 6.45) is 0.303. The summed E-state index contributed by atoms with van der Waals surface area (Å²) in [6, 6.07) is 11.9. The van der Waals surface area contributed by atoms with Crippen LogP contribution in [0.2, 0.25) is 10.0 Å². The normalized spacial score (nSPS) is 12.8. The van der Waals surface area contributed by atoms with Crippen molar-refractivity contribution < 1.29 is 9.59 Å². The minimum atomic E-state index is -1.19. The molecule has 0 radical (unpaired) electrons. The Balaban J connectivity index is 2.27. The van der Waals surface area contributed by atoms with E-state index in [9.17, 15) is 9.59 Å². The topological polar surface area (TPSA) is 70.2 Å². The fraction of sp³-hybridized carbons (Fsp3) is 0.263. The molecule has 0 fully saturated rings. The van der Waals surface area contributed by atoms with E-state index in [0.29, 0.717) is 28.7 Å². The molecule has 3 N–H and O–H groups in total. The molecule has 0 saturated heterocycles. The Hall–Kier alpha value is -1.76. The van der Waals surface area contributed by atoms with Crippen molar-refractivity contribution >= 4 is 56.8 Å². The quantitative estimate of drug-likeness (QED) is 0.552. The van der Waals surface area contributed by atoms with Gasteiger partial charge >= 0.3 is 6.03 Å². The van der Waals surface area contributed by atoms with Crippen molar-refractivity contribution in [3.05, 3.63) is 62.5 Å². The third-order valence-electron chi connectivity index (χ3n) is 3.82. The van der Waals surface area contributed by atoms with Crippen LogP contribution in [0.1, 0.15) is 19.4 Å². The van der Waals surface area contributed by atoms with Crippen LogP contribution >= 0.6 is 39.1 Å². The van der Waals surface area contributed by atoms with E-state index in [1.807, 2.05) is 24.3 Å². The van der Waals surface area contributed by atoms with Gasteiger partial charge in [-0.15, -0.1) is 0 Å². The molecule has 0 aliphatic rings. The molecule has 0 saturated carbocycles. The smallest absolute Gasteiger partial charge is 0.315 e. The summed E-state index contributed by atoms with van der Waals surface area (Å²) in [5, 5.41) is 9.02. The minimum Gasteiger partial charge on any atom is -0.338 e. The van der Waals surface area contributed by atoms with Gasteiger partial charge in [-0.3, -0.25) is 4.79 Å². The van der Waals surface area contributed by atoms with Gasteiger partial charge in [-0.1, -0.05) is 51.3 Å². The minimum absolute atomic E-state index is 0.303. The molecule has 8 heteroatoms. The second-order valence-electron chi connectivity index (χ2n) is 6.23. The lowest BCUT2D eigenvalue weighted by Crippen LogP contribution is -2.58. The lowest BCUT2D eigenvalue weighted by Gasteiger charge is -2.30. The molecule has 0 heterocycles. The Bertz CT molecular complexity index is 810. The molecule has 144 valence electrons. The second-order valence-corrected chi connectivity index (χ2v) is 8.02. The molecular weight excluding hydrogens is 453 g/mol. The average Bonchev–Trinajstić information content (AvgIpc) is 2.56. The molecule has 5 nitrogen and oxygen atoms in total. The zero-order valence-corrected chi connectivity index (χ0v) is 18.0. The van der Waals surface area contributed by atoms with E-state index in [-0.39, 0.29) is 5.91 Å². The summed E-state index contributed by atoms with van der Waals surface area (Å²) >= 11 is 15.4. The summed E-state index contributed by atoms with van der Waals surface area (Å²) in [5.41, 5.74) is 0.163. The van der Waals surface area contributed by atoms with Crippen LogP contribution in [0.4, 0.5) is 10.5 Å². The van der Waals surface area contributed by atoms with Crippen molar-refractivity contribution in [2.24, 2.45) is 0 Å². The number of benzene rings is 2. The Morgan fingerprint density at radius 1 is 1.07 bits per heavy atom.